The maximum absolute atomic E-state index is 13.0. The van der Waals surface area contributed by atoms with Crippen molar-refractivity contribution in [1.29, 1.82) is 0 Å². The average molecular weight is 488 g/mol. The fraction of sp³-hybridized carbons (Fsp3) is 0.348. The first-order valence-corrected chi connectivity index (χ1v) is 13.0. The van der Waals surface area contributed by atoms with Gasteiger partial charge in [0.05, 0.1) is 0 Å². The summed E-state index contributed by atoms with van der Waals surface area (Å²) in [7, 11) is -2.15. The molecule has 0 aliphatic heterocycles. The number of nitrogens with zero attached hydrogens (tertiary/aromatic N) is 2. The second-order valence-electron chi connectivity index (χ2n) is 8.08. The quantitative estimate of drug-likeness (QED) is 0.492. The largest absolute Gasteiger partial charge is 0.328 e. The van der Waals surface area contributed by atoms with Crippen LogP contribution in [0.5, 0.6) is 0 Å². The molecular formula is C23H25N3O5S2. The Bertz CT molecular complexity index is 1380. The van der Waals surface area contributed by atoms with E-state index in [1.807, 2.05) is 0 Å². The van der Waals surface area contributed by atoms with E-state index in [9.17, 15) is 22.8 Å². The monoisotopic (exact) mass is 487 g/mol. The number of aromatic nitrogens is 2. The summed E-state index contributed by atoms with van der Waals surface area (Å²) in [5.41, 5.74) is 2.12. The van der Waals surface area contributed by atoms with Gasteiger partial charge in [0.1, 0.15) is 10.5 Å². The van der Waals surface area contributed by atoms with Crippen molar-refractivity contribution in [2.45, 2.75) is 42.9 Å². The number of hydrogen-bond donors (Lipinski definition) is 1. The third-order valence-electron chi connectivity index (χ3n) is 5.94. The number of nitrogens with one attached hydrogen (secondary N) is 1. The Morgan fingerprint density at radius 3 is 2.55 bits per heavy atom. The van der Waals surface area contributed by atoms with Gasteiger partial charge in [0, 0.05) is 41.8 Å². The van der Waals surface area contributed by atoms with Gasteiger partial charge >= 0.3 is 5.69 Å². The van der Waals surface area contributed by atoms with Gasteiger partial charge in [0.2, 0.25) is 0 Å². The molecule has 2 heterocycles. The molecule has 1 aromatic carbocycles. The Morgan fingerprint density at radius 1 is 1.09 bits per heavy atom. The van der Waals surface area contributed by atoms with Crippen molar-refractivity contribution in [3.8, 4) is 10.4 Å². The Kier molecular flexibility index (Phi) is 6.78. The number of thiophene rings is 1. The molecule has 0 unspecified atom stereocenters. The van der Waals surface area contributed by atoms with Crippen molar-refractivity contribution in [2.24, 2.45) is 0 Å². The molecule has 0 spiro atoms. The highest BCUT2D eigenvalue weighted by atomic mass is 32.2. The molecule has 0 fully saturated rings. The lowest BCUT2D eigenvalue weighted by atomic mass is 9.97. The summed E-state index contributed by atoms with van der Waals surface area (Å²) in [6, 6.07) is 10.3. The maximum atomic E-state index is 13.0. The number of H-pyrrole nitrogens is 1. The highest BCUT2D eigenvalue weighted by Crippen LogP contribution is 2.32. The summed E-state index contributed by atoms with van der Waals surface area (Å²) in [4.78, 5) is 38.4. The number of fused-ring (bicyclic) bond motifs is 1. The van der Waals surface area contributed by atoms with Gasteiger partial charge in [0.25, 0.3) is 15.6 Å². The predicted molar refractivity (Wildman–Crippen MR) is 128 cm³/mol. The number of aromatic amines is 1. The van der Waals surface area contributed by atoms with Gasteiger partial charge in [-0.1, -0.05) is 24.3 Å². The first kappa shape index (κ1) is 23.3. The number of benzene rings is 1. The SMILES string of the molecule is CN(CCCn1c2c(c(=O)[nH]c1=O)CCCC2)S(=O)(=O)c1ccc(-c2ccc(C=O)cc2)s1. The molecule has 1 aliphatic rings. The Labute approximate surface area is 195 Å². The van der Waals surface area contributed by atoms with E-state index in [1.165, 1.54) is 22.7 Å². The Morgan fingerprint density at radius 2 is 1.82 bits per heavy atom. The van der Waals surface area contributed by atoms with E-state index in [0.717, 1.165) is 35.3 Å². The van der Waals surface area contributed by atoms with E-state index in [1.54, 1.807) is 41.0 Å². The number of rotatable bonds is 8. The predicted octanol–water partition coefficient (Wildman–Crippen LogP) is 2.67. The van der Waals surface area contributed by atoms with E-state index < -0.39 is 15.7 Å². The lowest BCUT2D eigenvalue weighted by Crippen LogP contribution is -2.37. The smallest absolute Gasteiger partial charge is 0.298 e. The molecule has 0 bridgehead atoms. The molecule has 0 amide bonds. The fourth-order valence-corrected chi connectivity index (χ4v) is 6.83. The van der Waals surface area contributed by atoms with Crippen LogP contribution in [0.15, 0.2) is 50.2 Å². The topological polar surface area (TPSA) is 109 Å². The summed E-state index contributed by atoms with van der Waals surface area (Å²) in [6.45, 7) is 0.584. The Balaban J connectivity index is 1.45. The van der Waals surface area contributed by atoms with Crippen molar-refractivity contribution in [3.05, 3.63) is 74.1 Å². The number of hydrogen-bond acceptors (Lipinski definition) is 6. The molecule has 1 N–H and O–H groups in total. The third kappa shape index (κ3) is 4.78. The molecule has 4 rings (SSSR count). The molecule has 0 saturated heterocycles. The van der Waals surface area contributed by atoms with E-state index in [0.29, 0.717) is 36.9 Å². The highest BCUT2D eigenvalue weighted by molar-refractivity contribution is 7.91. The van der Waals surface area contributed by atoms with E-state index in [-0.39, 0.29) is 16.3 Å². The van der Waals surface area contributed by atoms with Crippen LogP contribution in [0.25, 0.3) is 10.4 Å². The number of aldehydes is 1. The zero-order valence-corrected chi connectivity index (χ0v) is 19.9. The van der Waals surface area contributed by atoms with Crippen molar-refractivity contribution >= 4 is 27.6 Å². The number of sulfonamides is 1. The minimum absolute atomic E-state index is 0.234. The minimum atomic E-state index is -3.68. The average Bonchev–Trinajstić information content (AvgIpc) is 3.32. The molecule has 0 atom stereocenters. The van der Waals surface area contributed by atoms with Crippen LogP contribution in [-0.2, 0) is 29.4 Å². The van der Waals surface area contributed by atoms with E-state index in [2.05, 4.69) is 4.98 Å². The van der Waals surface area contributed by atoms with Gasteiger partial charge in [-0.15, -0.1) is 11.3 Å². The van der Waals surface area contributed by atoms with Crippen LogP contribution in [0.4, 0.5) is 0 Å². The number of carbonyl (C=O) groups excluding carboxylic acids is 1. The fourth-order valence-electron chi connectivity index (χ4n) is 4.10. The van der Waals surface area contributed by atoms with Gasteiger partial charge in [-0.2, -0.15) is 0 Å². The van der Waals surface area contributed by atoms with Crippen molar-refractivity contribution < 1.29 is 13.2 Å². The van der Waals surface area contributed by atoms with Crippen LogP contribution in [0, 0.1) is 0 Å². The summed E-state index contributed by atoms with van der Waals surface area (Å²) in [5, 5.41) is 0. The summed E-state index contributed by atoms with van der Waals surface area (Å²) < 4.78 is 29.2. The summed E-state index contributed by atoms with van der Waals surface area (Å²) in [5.74, 6) is 0. The lowest BCUT2D eigenvalue weighted by Gasteiger charge is -2.21. The molecule has 0 radical (unpaired) electrons. The van der Waals surface area contributed by atoms with Gasteiger partial charge in [-0.3, -0.25) is 19.1 Å². The second-order valence-corrected chi connectivity index (χ2v) is 11.4. The first-order chi connectivity index (χ1) is 15.8. The summed E-state index contributed by atoms with van der Waals surface area (Å²) in [6.07, 6.45) is 4.42. The zero-order valence-electron chi connectivity index (χ0n) is 18.2. The van der Waals surface area contributed by atoms with Gasteiger partial charge in [-0.05, 0) is 49.8 Å². The molecule has 174 valence electrons. The Hall–Kier alpha value is -2.82. The van der Waals surface area contributed by atoms with Gasteiger partial charge < -0.3 is 0 Å². The van der Waals surface area contributed by atoms with Crippen LogP contribution in [0.1, 0.15) is 40.9 Å². The minimum Gasteiger partial charge on any atom is -0.298 e. The standard InChI is InChI=1S/C23H25N3O5S2/c1-25(13-4-14-26-19-6-3-2-5-18(19)22(28)24-23(26)29)33(30,31)21-12-11-20(32-21)17-9-7-16(15-27)8-10-17/h7-12,15H,2-6,13-14H2,1H3,(H,24,28,29). The van der Waals surface area contributed by atoms with E-state index in [4.69, 9.17) is 0 Å². The molecule has 3 aromatic rings. The lowest BCUT2D eigenvalue weighted by molar-refractivity contribution is 0.112. The van der Waals surface area contributed by atoms with Crippen molar-refractivity contribution in [1.82, 2.24) is 13.9 Å². The second kappa shape index (κ2) is 9.58. The molecule has 10 heteroatoms. The zero-order chi connectivity index (χ0) is 23.6. The maximum Gasteiger partial charge on any atom is 0.328 e. The third-order valence-corrected chi connectivity index (χ3v) is 9.39. The molecule has 33 heavy (non-hydrogen) atoms. The van der Waals surface area contributed by atoms with Crippen LogP contribution in [-0.4, -0.2) is 42.2 Å². The van der Waals surface area contributed by atoms with Crippen molar-refractivity contribution in [2.75, 3.05) is 13.6 Å². The molecular weight excluding hydrogens is 462 g/mol. The highest BCUT2D eigenvalue weighted by Gasteiger charge is 2.23. The van der Waals surface area contributed by atoms with Crippen molar-refractivity contribution in [3.63, 3.8) is 0 Å². The first-order valence-electron chi connectivity index (χ1n) is 10.8. The van der Waals surface area contributed by atoms with E-state index >= 15 is 0 Å². The van der Waals surface area contributed by atoms with Crippen LogP contribution in [0.2, 0.25) is 0 Å². The van der Waals surface area contributed by atoms with Crippen LogP contribution >= 0.6 is 11.3 Å². The van der Waals surface area contributed by atoms with Crippen LogP contribution in [0.3, 0.4) is 0 Å². The molecule has 8 nitrogen and oxygen atoms in total. The number of carbonyl (C=O) groups is 1. The van der Waals surface area contributed by atoms with Crippen LogP contribution < -0.4 is 11.2 Å². The summed E-state index contributed by atoms with van der Waals surface area (Å²) >= 11 is 1.17. The van der Waals surface area contributed by atoms with Gasteiger partial charge in [0.15, 0.2) is 0 Å². The molecule has 0 saturated carbocycles. The molecule has 2 aromatic heterocycles. The molecule has 1 aliphatic carbocycles. The normalized spacial score (nSPS) is 13.8. The van der Waals surface area contributed by atoms with Gasteiger partial charge in [-0.25, -0.2) is 17.5 Å².